The number of carbonyl (C=O) groups excluding carboxylic acids is 2. The molecule has 2 N–H and O–H groups in total. The van der Waals surface area contributed by atoms with Crippen molar-refractivity contribution in [3.05, 3.63) is 42.0 Å². The Morgan fingerprint density at radius 1 is 1.13 bits per heavy atom. The first-order valence-electron chi connectivity index (χ1n) is 7.10. The molecular weight excluding hydrogens is 302 g/mol. The summed E-state index contributed by atoms with van der Waals surface area (Å²) in [5, 5.41) is 11.2. The molecule has 1 aliphatic carbocycles. The van der Waals surface area contributed by atoms with E-state index < -0.39 is 23.6 Å². The number of hydrogen-bond donors (Lipinski definition) is 2. The number of carbonyl (C=O) groups is 3. The minimum absolute atomic E-state index is 0.106. The molecule has 122 valence electrons. The maximum absolute atomic E-state index is 11.4. The van der Waals surface area contributed by atoms with Gasteiger partial charge in [-0.25, -0.2) is 14.4 Å². The summed E-state index contributed by atoms with van der Waals surface area (Å²) in [5.41, 5.74) is -0.324. The first-order chi connectivity index (χ1) is 11.0. The zero-order chi connectivity index (χ0) is 16.7. The van der Waals surface area contributed by atoms with Crippen molar-refractivity contribution < 1.29 is 29.0 Å². The monoisotopic (exact) mass is 319 g/mol. The van der Waals surface area contributed by atoms with E-state index in [4.69, 9.17) is 14.6 Å². The minimum Gasteiger partial charge on any atom is -0.480 e. The predicted molar refractivity (Wildman–Crippen MR) is 80.5 cm³/mol. The topological polar surface area (TPSA) is 102 Å². The second-order valence-corrected chi connectivity index (χ2v) is 5.06. The van der Waals surface area contributed by atoms with Gasteiger partial charge in [0.05, 0.1) is 0 Å². The van der Waals surface area contributed by atoms with Crippen molar-refractivity contribution in [2.45, 2.75) is 18.4 Å². The summed E-state index contributed by atoms with van der Waals surface area (Å²) in [6.45, 7) is -0.252. The van der Waals surface area contributed by atoms with Crippen molar-refractivity contribution >= 4 is 24.1 Å². The highest BCUT2D eigenvalue weighted by molar-refractivity contribution is 5.87. The normalized spacial score (nSPS) is 15.0. The lowest BCUT2D eigenvalue weighted by Crippen LogP contribution is -2.43. The molecular formula is C16H17NO6. The van der Waals surface area contributed by atoms with Gasteiger partial charge in [-0.2, -0.15) is 0 Å². The molecule has 1 aliphatic rings. The molecule has 0 heterocycles. The molecule has 1 amide bonds. The summed E-state index contributed by atoms with van der Waals surface area (Å²) in [7, 11) is 0. The van der Waals surface area contributed by atoms with E-state index in [1.54, 1.807) is 6.08 Å². The largest absolute Gasteiger partial charge is 0.480 e. The average molecular weight is 319 g/mol. The SMILES string of the molecule is O=C(C=Cc1ccccc1)OCCOC(=O)NC1(C(=O)O)CC1. The maximum atomic E-state index is 11.4. The molecule has 23 heavy (non-hydrogen) atoms. The molecule has 1 saturated carbocycles. The Morgan fingerprint density at radius 3 is 2.39 bits per heavy atom. The van der Waals surface area contributed by atoms with Crippen LogP contribution in [0.25, 0.3) is 6.08 Å². The van der Waals surface area contributed by atoms with E-state index in [1.807, 2.05) is 30.3 Å². The summed E-state index contributed by atoms with van der Waals surface area (Å²) in [5.74, 6) is -1.63. The molecule has 1 aromatic rings. The van der Waals surface area contributed by atoms with Gasteiger partial charge in [0.1, 0.15) is 18.8 Å². The van der Waals surface area contributed by atoms with Gasteiger partial charge in [-0.05, 0) is 24.5 Å². The highest BCUT2D eigenvalue weighted by atomic mass is 16.6. The number of amides is 1. The van der Waals surface area contributed by atoms with Crippen LogP contribution in [-0.2, 0) is 19.1 Å². The number of carboxylic acids is 1. The number of nitrogens with one attached hydrogen (secondary N) is 1. The van der Waals surface area contributed by atoms with E-state index >= 15 is 0 Å². The van der Waals surface area contributed by atoms with Crippen LogP contribution in [0.4, 0.5) is 4.79 Å². The number of esters is 1. The van der Waals surface area contributed by atoms with Crippen molar-refractivity contribution in [3.8, 4) is 0 Å². The molecule has 0 unspecified atom stereocenters. The van der Waals surface area contributed by atoms with Gasteiger partial charge in [0, 0.05) is 6.08 Å². The molecule has 0 atom stereocenters. The van der Waals surface area contributed by atoms with Gasteiger partial charge in [0.2, 0.25) is 0 Å². The lowest BCUT2D eigenvalue weighted by atomic mass is 10.2. The van der Waals surface area contributed by atoms with Crippen LogP contribution >= 0.6 is 0 Å². The van der Waals surface area contributed by atoms with Crippen LogP contribution in [-0.4, -0.2) is 41.9 Å². The molecule has 0 aromatic heterocycles. The van der Waals surface area contributed by atoms with E-state index in [9.17, 15) is 14.4 Å². The van der Waals surface area contributed by atoms with Gasteiger partial charge in [0.25, 0.3) is 0 Å². The Balaban J connectivity index is 1.61. The fraction of sp³-hybridized carbons (Fsp3) is 0.312. The van der Waals surface area contributed by atoms with Crippen molar-refractivity contribution in [3.63, 3.8) is 0 Å². The third-order valence-corrected chi connectivity index (χ3v) is 3.27. The van der Waals surface area contributed by atoms with Crippen LogP contribution in [0.5, 0.6) is 0 Å². The molecule has 0 bridgehead atoms. The Bertz CT molecular complexity index is 606. The fourth-order valence-electron chi connectivity index (χ4n) is 1.80. The van der Waals surface area contributed by atoms with Gasteiger partial charge >= 0.3 is 18.0 Å². The van der Waals surface area contributed by atoms with Crippen molar-refractivity contribution in [1.82, 2.24) is 5.32 Å². The van der Waals surface area contributed by atoms with Crippen molar-refractivity contribution in [1.29, 1.82) is 0 Å². The number of benzene rings is 1. The van der Waals surface area contributed by atoms with Crippen molar-refractivity contribution in [2.75, 3.05) is 13.2 Å². The number of carboxylic acid groups (broad SMARTS) is 1. The molecule has 1 aromatic carbocycles. The second-order valence-electron chi connectivity index (χ2n) is 5.06. The van der Waals surface area contributed by atoms with E-state index in [1.165, 1.54) is 6.08 Å². The third-order valence-electron chi connectivity index (χ3n) is 3.27. The lowest BCUT2D eigenvalue weighted by Gasteiger charge is -2.12. The molecule has 0 saturated heterocycles. The molecule has 0 radical (unpaired) electrons. The van der Waals surface area contributed by atoms with Crippen LogP contribution in [0.2, 0.25) is 0 Å². The van der Waals surface area contributed by atoms with Crippen molar-refractivity contribution in [2.24, 2.45) is 0 Å². The van der Waals surface area contributed by atoms with Gasteiger partial charge in [0.15, 0.2) is 0 Å². The Kier molecular flexibility index (Phi) is 5.35. The second kappa shape index (κ2) is 7.44. The number of ether oxygens (including phenoxy) is 2. The number of aliphatic carboxylic acids is 1. The predicted octanol–water partition coefficient (Wildman–Crippen LogP) is 1.59. The standard InChI is InChI=1S/C16H17NO6/c18-13(7-6-12-4-2-1-3-5-12)22-10-11-23-15(21)17-16(8-9-16)14(19)20/h1-7H,8-11H2,(H,17,21)(H,19,20). The van der Waals surface area contributed by atoms with E-state index in [0.29, 0.717) is 12.8 Å². The summed E-state index contributed by atoms with van der Waals surface area (Å²) >= 11 is 0. The summed E-state index contributed by atoms with van der Waals surface area (Å²) in [4.78, 5) is 33.7. The number of rotatable bonds is 7. The Morgan fingerprint density at radius 2 is 1.78 bits per heavy atom. The molecule has 2 rings (SSSR count). The first kappa shape index (κ1) is 16.5. The van der Waals surface area contributed by atoms with E-state index in [-0.39, 0.29) is 13.2 Å². The highest BCUT2D eigenvalue weighted by Gasteiger charge is 2.52. The van der Waals surface area contributed by atoms with E-state index in [2.05, 4.69) is 5.32 Å². The van der Waals surface area contributed by atoms with Gasteiger partial charge < -0.3 is 19.9 Å². The fourth-order valence-corrected chi connectivity index (χ4v) is 1.80. The molecule has 1 fully saturated rings. The van der Waals surface area contributed by atoms with Crippen LogP contribution in [0.1, 0.15) is 18.4 Å². The summed E-state index contributed by atoms with van der Waals surface area (Å²) < 4.78 is 9.63. The Labute approximate surface area is 132 Å². The zero-order valence-electron chi connectivity index (χ0n) is 12.4. The smallest absolute Gasteiger partial charge is 0.408 e. The number of alkyl carbamates (subject to hydrolysis) is 1. The zero-order valence-corrected chi connectivity index (χ0v) is 12.4. The van der Waals surface area contributed by atoms with Crippen LogP contribution in [0.15, 0.2) is 36.4 Å². The molecule has 0 spiro atoms. The first-order valence-corrected chi connectivity index (χ1v) is 7.10. The minimum atomic E-state index is -1.19. The van der Waals surface area contributed by atoms with Crippen LogP contribution < -0.4 is 5.32 Å². The summed E-state index contributed by atoms with van der Waals surface area (Å²) in [6.07, 6.45) is 2.83. The van der Waals surface area contributed by atoms with E-state index in [0.717, 1.165) is 5.56 Å². The third kappa shape index (κ3) is 5.14. The van der Waals surface area contributed by atoms with Crippen LogP contribution in [0, 0.1) is 0 Å². The molecule has 7 heteroatoms. The Hall–Kier alpha value is -2.83. The number of hydrogen-bond acceptors (Lipinski definition) is 5. The lowest BCUT2D eigenvalue weighted by molar-refractivity contribution is -0.140. The average Bonchev–Trinajstić information content (AvgIpc) is 3.31. The van der Waals surface area contributed by atoms with Gasteiger partial charge in [-0.1, -0.05) is 30.3 Å². The van der Waals surface area contributed by atoms with Crippen LogP contribution in [0.3, 0.4) is 0 Å². The summed E-state index contributed by atoms with van der Waals surface area (Å²) in [6, 6.07) is 9.25. The molecule has 7 nitrogen and oxygen atoms in total. The highest BCUT2D eigenvalue weighted by Crippen LogP contribution is 2.35. The maximum Gasteiger partial charge on any atom is 0.408 e. The quantitative estimate of drug-likeness (QED) is 0.449. The van der Waals surface area contributed by atoms with Gasteiger partial charge in [-0.15, -0.1) is 0 Å². The van der Waals surface area contributed by atoms with Gasteiger partial charge in [-0.3, -0.25) is 0 Å². The molecule has 0 aliphatic heterocycles.